The standard InChI is InChI=1S/C23H29N5O2/c1-16(24)27-11-9-22(14-27)30-20-5-2-17(3-6-20)15-29-21-7-4-18-8-10-28(23(25)26)13-19(18)12-21/h2-7,12,22,24H,8-11,13-15H2,1H3,(H3,25,26). The van der Waals surface area contributed by atoms with Gasteiger partial charge in [0.1, 0.15) is 24.2 Å². The van der Waals surface area contributed by atoms with Gasteiger partial charge in [-0.15, -0.1) is 0 Å². The first kappa shape index (κ1) is 20.1. The largest absolute Gasteiger partial charge is 0.489 e. The number of hydrogen-bond donors (Lipinski definition) is 3. The van der Waals surface area contributed by atoms with E-state index in [1.54, 1.807) is 0 Å². The van der Waals surface area contributed by atoms with Crippen molar-refractivity contribution in [1.29, 1.82) is 10.8 Å². The SMILES string of the molecule is CC(=N)N1CCC(Oc2ccc(COc3ccc4c(c3)CN(C(=N)N)CC4)cc2)C1. The molecule has 158 valence electrons. The molecule has 0 saturated carbocycles. The Bertz CT molecular complexity index is 928. The molecule has 1 saturated heterocycles. The Labute approximate surface area is 177 Å². The van der Waals surface area contributed by atoms with Gasteiger partial charge in [0.25, 0.3) is 0 Å². The van der Waals surface area contributed by atoms with Gasteiger partial charge >= 0.3 is 0 Å². The molecule has 2 aromatic carbocycles. The van der Waals surface area contributed by atoms with E-state index in [1.165, 1.54) is 11.1 Å². The number of hydrogen-bond acceptors (Lipinski definition) is 4. The molecule has 0 aromatic heterocycles. The maximum atomic E-state index is 7.73. The van der Waals surface area contributed by atoms with Crippen LogP contribution in [0.2, 0.25) is 0 Å². The second kappa shape index (κ2) is 8.65. The van der Waals surface area contributed by atoms with E-state index >= 15 is 0 Å². The highest BCUT2D eigenvalue weighted by atomic mass is 16.5. The Balaban J connectivity index is 1.31. The molecule has 0 amide bonds. The number of guanidine groups is 1. The number of amidine groups is 1. The maximum absolute atomic E-state index is 7.73. The van der Waals surface area contributed by atoms with Gasteiger partial charge in [0.05, 0.1) is 12.4 Å². The molecule has 2 aliphatic heterocycles. The normalized spacial score (nSPS) is 18.1. The molecule has 1 unspecified atom stereocenters. The lowest BCUT2D eigenvalue weighted by Crippen LogP contribution is -2.40. The highest BCUT2D eigenvalue weighted by molar-refractivity contribution is 5.76. The summed E-state index contributed by atoms with van der Waals surface area (Å²) >= 11 is 0. The monoisotopic (exact) mass is 407 g/mol. The molecule has 0 spiro atoms. The predicted molar refractivity (Wildman–Crippen MR) is 117 cm³/mol. The molecule has 1 fully saturated rings. The molecule has 2 aliphatic rings. The summed E-state index contributed by atoms with van der Waals surface area (Å²) in [6.45, 7) is 5.41. The number of nitrogens with zero attached hydrogens (tertiary/aromatic N) is 2. The van der Waals surface area contributed by atoms with Crippen LogP contribution in [0.15, 0.2) is 42.5 Å². The Morgan fingerprint density at radius 3 is 2.50 bits per heavy atom. The van der Waals surface area contributed by atoms with Crippen molar-refractivity contribution in [3.63, 3.8) is 0 Å². The number of ether oxygens (including phenoxy) is 2. The number of nitrogens with two attached hydrogens (primary N) is 1. The second-order valence-electron chi connectivity index (χ2n) is 7.98. The van der Waals surface area contributed by atoms with Gasteiger partial charge in [-0.2, -0.15) is 0 Å². The van der Waals surface area contributed by atoms with Gasteiger partial charge < -0.3 is 25.0 Å². The average molecular weight is 408 g/mol. The van der Waals surface area contributed by atoms with Crippen molar-refractivity contribution in [3.8, 4) is 11.5 Å². The number of fused-ring (bicyclic) bond motifs is 1. The van der Waals surface area contributed by atoms with Crippen molar-refractivity contribution in [2.75, 3.05) is 19.6 Å². The average Bonchev–Trinajstić information content (AvgIpc) is 3.21. The van der Waals surface area contributed by atoms with E-state index in [0.29, 0.717) is 19.0 Å². The van der Waals surface area contributed by atoms with E-state index in [4.69, 9.17) is 26.0 Å². The summed E-state index contributed by atoms with van der Waals surface area (Å²) < 4.78 is 12.0. The van der Waals surface area contributed by atoms with Crippen LogP contribution in [0.1, 0.15) is 30.0 Å². The summed E-state index contributed by atoms with van der Waals surface area (Å²) in [4.78, 5) is 3.92. The van der Waals surface area contributed by atoms with Gasteiger partial charge in [-0.05, 0) is 54.3 Å². The number of likely N-dealkylation sites (tertiary alicyclic amines) is 1. The van der Waals surface area contributed by atoms with E-state index < -0.39 is 0 Å². The van der Waals surface area contributed by atoms with Crippen LogP contribution in [0.4, 0.5) is 0 Å². The maximum Gasteiger partial charge on any atom is 0.188 e. The molecule has 2 heterocycles. The first-order valence-electron chi connectivity index (χ1n) is 10.4. The molecule has 2 aromatic rings. The summed E-state index contributed by atoms with van der Waals surface area (Å²) in [5.41, 5.74) is 9.18. The van der Waals surface area contributed by atoms with Gasteiger partial charge in [-0.3, -0.25) is 10.8 Å². The molecule has 0 aliphatic carbocycles. The zero-order valence-electron chi connectivity index (χ0n) is 17.4. The fraction of sp³-hybridized carbons (Fsp3) is 0.391. The molecule has 7 nitrogen and oxygen atoms in total. The fourth-order valence-corrected chi connectivity index (χ4v) is 3.98. The third kappa shape index (κ3) is 4.67. The van der Waals surface area contributed by atoms with Gasteiger partial charge in [0.15, 0.2) is 5.96 Å². The van der Waals surface area contributed by atoms with Gasteiger partial charge in [-0.25, -0.2) is 0 Å². The Morgan fingerprint density at radius 1 is 1.03 bits per heavy atom. The number of benzene rings is 2. The van der Waals surface area contributed by atoms with Crippen molar-refractivity contribution >= 4 is 11.8 Å². The second-order valence-corrected chi connectivity index (χ2v) is 7.98. The third-order valence-corrected chi connectivity index (χ3v) is 5.78. The zero-order valence-corrected chi connectivity index (χ0v) is 17.4. The molecule has 4 rings (SSSR count). The quantitative estimate of drug-likeness (QED) is 0.523. The van der Waals surface area contributed by atoms with Crippen LogP contribution in [-0.2, 0) is 19.6 Å². The molecule has 0 bridgehead atoms. The Morgan fingerprint density at radius 2 is 1.80 bits per heavy atom. The van der Waals surface area contributed by atoms with Crippen molar-refractivity contribution in [2.24, 2.45) is 5.73 Å². The van der Waals surface area contributed by atoms with Gasteiger partial charge in [0.2, 0.25) is 0 Å². The lowest BCUT2D eigenvalue weighted by atomic mass is 10.00. The lowest BCUT2D eigenvalue weighted by molar-refractivity contribution is 0.214. The minimum Gasteiger partial charge on any atom is -0.489 e. The summed E-state index contributed by atoms with van der Waals surface area (Å²) in [7, 11) is 0. The summed E-state index contributed by atoms with van der Waals surface area (Å²) in [5, 5.41) is 15.4. The lowest BCUT2D eigenvalue weighted by Gasteiger charge is -2.29. The molecule has 1 atom stereocenters. The molecule has 30 heavy (non-hydrogen) atoms. The predicted octanol–water partition coefficient (Wildman–Crippen LogP) is 2.97. The van der Waals surface area contributed by atoms with Crippen LogP contribution in [-0.4, -0.2) is 47.3 Å². The summed E-state index contributed by atoms with van der Waals surface area (Å²) in [6, 6.07) is 14.2. The van der Waals surface area contributed by atoms with Gasteiger partial charge in [0, 0.05) is 26.1 Å². The van der Waals surface area contributed by atoms with Crippen LogP contribution in [0.5, 0.6) is 11.5 Å². The summed E-state index contributed by atoms with van der Waals surface area (Å²) in [6.07, 6.45) is 1.98. The molecule has 7 heteroatoms. The van der Waals surface area contributed by atoms with E-state index in [1.807, 2.05) is 47.1 Å². The topological polar surface area (TPSA) is 98.7 Å². The van der Waals surface area contributed by atoms with Crippen LogP contribution in [0.3, 0.4) is 0 Å². The zero-order chi connectivity index (χ0) is 21.1. The van der Waals surface area contributed by atoms with E-state index in [-0.39, 0.29) is 12.1 Å². The highest BCUT2D eigenvalue weighted by Gasteiger charge is 2.24. The first-order valence-corrected chi connectivity index (χ1v) is 10.4. The third-order valence-electron chi connectivity index (χ3n) is 5.78. The molecule has 0 radical (unpaired) electrons. The van der Waals surface area contributed by atoms with Crippen LogP contribution in [0.25, 0.3) is 0 Å². The van der Waals surface area contributed by atoms with Crippen LogP contribution < -0.4 is 15.2 Å². The van der Waals surface area contributed by atoms with Crippen molar-refractivity contribution < 1.29 is 9.47 Å². The number of rotatable bonds is 5. The Kier molecular flexibility index (Phi) is 5.79. The molecular formula is C23H29N5O2. The van der Waals surface area contributed by atoms with Crippen molar-refractivity contribution in [3.05, 3.63) is 59.2 Å². The number of nitrogens with one attached hydrogen (secondary N) is 2. The molecular weight excluding hydrogens is 378 g/mol. The Hall–Kier alpha value is -3.22. The van der Waals surface area contributed by atoms with Crippen molar-refractivity contribution in [2.45, 2.75) is 39.0 Å². The minimum atomic E-state index is 0.118. The first-order chi connectivity index (χ1) is 14.5. The smallest absolute Gasteiger partial charge is 0.188 e. The fourth-order valence-electron chi connectivity index (χ4n) is 3.98. The minimum absolute atomic E-state index is 0.118. The summed E-state index contributed by atoms with van der Waals surface area (Å²) in [5.74, 6) is 2.40. The van der Waals surface area contributed by atoms with Crippen LogP contribution >= 0.6 is 0 Å². The van der Waals surface area contributed by atoms with Crippen molar-refractivity contribution in [1.82, 2.24) is 9.80 Å². The van der Waals surface area contributed by atoms with E-state index in [9.17, 15) is 0 Å². The molecule has 4 N–H and O–H groups in total. The van der Waals surface area contributed by atoms with E-state index in [0.717, 1.165) is 49.5 Å². The van der Waals surface area contributed by atoms with E-state index in [2.05, 4.69) is 12.1 Å². The van der Waals surface area contributed by atoms with Crippen LogP contribution in [0, 0.1) is 10.8 Å². The van der Waals surface area contributed by atoms with Gasteiger partial charge in [-0.1, -0.05) is 18.2 Å². The highest BCUT2D eigenvalue weighted by Crippen LogP contribution is 2.25.